The molecule has 0 spiro atoms. The molecule has 1 aliphatic heterocycles. The molecule has 3 rings (SSSR count). The highest BCUT2D eigenvalue weighted by atomic mass is 32.2. The minimum Gasteiger partial charge on any atom is -0.339 e. The van der Waals surface area contributed by atoms with Gasteiger partial charge in [-0.2, -0.15) is 0 Å². The molecule has 1 aromatic rings. The maximum absolute atomic E-state index is 12.3. The zero-order valence-electron chi connectivity index (χ0n) is 11.0. The monoisotopic (exact) mass is 276 g/mol. The third-order valence-electron chi connectivity index (χ3n) is 3.57. The van der Waals surface area contributed by atoms with Crippen molar-refractivity contribution in [3.63, 3.8) is 0 Å². The molecule has 0 bridgehead atoms. The van der Waals surface area contributed by atoms with Crippen LogP contribution in [-0.4, -0.2) is 35.1 Å². The molecule has 2 amide bonds. The van der Waals surface area contributed by atoms with Gasteiger partial charge in [-0.05, 0) is 38.0 Å². The molecule has 1 aromatic carbocycles. The summed E-state index contributed by atoms with van der Waals surface area (Å²) in [5, 5.41) is 2.78. The highest BCUT2D eigenvalue weighted by Crippen LogP contribution is 2.36. The zero-order chi connectivity index (χ0) is 13.6. The van der Waals surface area contributed by atoms with Gasteiger partial charge in [0.1, 0.15) is 0 Å². The molecular formula is C14H16N2O2S. The second-order valence-electron chi connectivity index (χ2n) is 5.11. The maximum atomic E-state index is 12.3. The molecule has 0 radical (unpaired) electrons. The molecule has 0 unspecified atom stereocenters. The van der Waals surface area contributed by atoms with E-state index in [9.17, 15) is 9.59 Å². The summed E-state index contributed by atoms with van der Waals surface area (Å²) in [6, 6.07) is 5.95. The first-order valence-electron chi connectivity index (χ1n) is 6.45. The highest BCUT2D eigenvalue weighted by Gasteiger charge is 2.31. The van der Waals surface area contributed by atoms with Crippen LogP contribution >= 0.6 is 11.8 Å². The van der Waals surface area contributed by atoms with Crippen molar-refractivity contribution < 1.29 is 9.59 Å². The smallest absolute Gasteiger partial charge is 0.253 e. The van der Waals surface area contributed by atoms with Crippen molar-refractivity contribution >= 4 is 29.3 Å². The normalized spacial score (nSPS) is 21.6. The number of nitrogens with zero attached hydrogens (tertiary/aromatic N) is 1. The van der Waals surface area contributed by atoms with Gasteiger partial charge in [-0.1, -0.05) is 0 Å². The first-order valence-corrected chi connectivity index (χ1v) is 7.33. The maximum Gasteiger partial charge on any atom is 0.253 e. The van der Waals surface area contributed by atoms with Crippen molar-refractivity contribution in [1.29, 1.82) is 0 Å². The molecule has 1 N–H and O–H groups in total. The van der Waals surface area contributed by atoms with E-state index in [-0.39, 0.29) is 17.1 Å². The third kappa shape index (κ3) is 2.34. The van der Waals surface area contributed by atoms with Crippen LogP contribution in [-0.2, 0) is 4.79 Å². The molecule has 0 saturated heterocycles. The van der Waals surface area contributed by atoms with E-state index in [1.54, 1.807) is 11.0 Å². The van der Waals surface area contributed by atoms with Crippen LogP contribution in [0.1, 0.15) is 30.1 Å². The number of amides is 2. The number of hydrogen-bond donors (Lipinski definition) is 1. The summed E-state index contributed by atoms with van der Waals surface area (Å²) in [4.78, 5) is 26.7. The van der Waals surface area contributed by atoms with Crippen molar-refractivity contribution in [2.24, 2.45) is 0 Å². The molecule has 100 valence electrons. The molecule has 5 heteroatoms. The van der Waals surface area contributed by atoms with Crippen molar-refractivity contribution in [2.45, 2.75) is 36.0 Å². The Morgan fingerprint density at radius 2 is 2.16 bits per heavy atom. The average Bonchev–Trinajstić information content (AvgIpc) is 3.22. The largest absolute Gasteiger partial charge is 0.339 e. The first kappa shape index (κ1) is 12.5. The topological polar surface area (TPSA) is 49.4 Å². The van der Waals surface area contributed by atoms with Gasteiger partial charge in [0, 0.05) is 23.5 Å². The number of hydrogen-bond acceptors (Lipinski definition) is 3. The van der Waals surface area contributed by atoms with E-state index in [0.717, 1.165) is 23.4 Å². The molecule has 19 heavy (non-hydrogen) atoms. The van der Waals surface area contributed by atoms with Gasteiger partial charge in [0.05, 0.1) is 10.9 Å². The first-order chi connectivity index (χ1) is 9.06. The summed E-state index contributed by atoms with van der Waals surface area (Å²) < 4.78 is 0. The van der Waals surface area contributed by atoms with Crippen LogP contribution in [0.4, 0.5) is 5.69 Å². The lowest BCUT2D eigenvalue weighted by Gasteiger charge is -2.23. The number of rotatable bonds is 2. The molecule has 1 fully saturated rings. The van der Waals surface area contributed by atoms with Gasteiger partial charge in [0.15, 0.2) is 0 Å². The second kappa shape index (κ2) is 4.56. The standard InChI is InChI=1S/C14H16N2O2S/c1-8-13(17)15-11-7-9(3-6-12(11)19-8)14(18)16(2)10-4-5-10/h3,6-8,10H,4-5H2,1-2H3,(H,15,17)/t8-/m0/s1. The lowest BCUT2D eigenvalue weighted by Crippen LogP contribution is -2.30. The Morgan fingerprint density at radius 1 is 1.42 bits per heavy atom. The van der Waals surface area contributed by atoms with Crippen molar-refractivity contribution in [2.75, 3.05) is 12.4 Å². The Kier molecular flexibility index (Phi) is 3.01. The molecule has 1 atom stereocenters. The highest BCUT2D eigenvalue weighted by molar-refractivity contribution is 8.00. The SMILES string of the molecule is C[C@@H]1Sc2ccc(C(=O)N(C)C3CC3)cc2NC1=O. The van der Waals surface area contributed by atoms with E-state index >= 15 is 0 Å². The van der Waals surface area contributed by atoms with Crippen LogP contribution in [0.5, 0.6) is 0 Å². The average molecular weight is 276 g/mol. The number of thioether (sulfide) groups is 1. The summed E-state index contributed by atoms with van der Waals surface area (Å²) in [5.41, 5.74) is 1.40. The van der Waals surface area contributed by atoms with E-state index in [1.165, 1.54) is 11.8 Å². The molecule has 1 saturated carbocycles. The predicted octanol–water partition coefficient (Wildman–Crippen LogP) is 2.35. The van der Waals surface area contributed by atoms with E-state index in [1.807, 2.05) is 26.1 Å². The molecule has 2 aliphatic rings. The fraction of sp³-hybridized carbons (Fsp3) is 0.429. The number of carbonyl (C=O) groups excluding carboxylic acids is 2. The number of nitrogens with one attached hydrogen (secondary N) is 1. The molecular weight excluding hydrogens is 260 g/mol. The van der Waals surface area contributed by atoms with Gasteiger partial charge >= 0.3 is 0 Å². The molecule has 1 aliphatic carbocycles. The van der Waals surface area contributed by atoms with Crippen LogP contribution in [0.2, 0.25) is 0 Å². The predicted molar refractivity (Wildman–Crippen MR) is 75.5 cm³/mol. The van der Waals surface area contributed by atoms with Crippen molar-refractivity contribution in [3.05, 3.63) is 23.8 Å². The van der Waals surface area contributed by atoms with Gasteiger partial charge in [-0.15, -0.1) is 11.8 Å². The minimum absolute atomic E-state index is 0.00218. The number of carbonyl (C=O) groups is 2. The Bertz CT molecular complexity index is 554. The van der Waals surface area contributed by atoms with Gasteiger partial charge in [0.2, 0.25) is 5.91 Å². The Balaban J connectivity index is 1.86. The quantitative estimate of drug-likeness (QED) is 0.902. The van der Waals surface area contributed by atoms with E-state index in [2.05, 4.69) is 5.32 Å². The van der Waals surface area contributed by atoms with Crippen LogP contribution in [0.15, 0.2) is 23.1 Å². The summed E-state index contributed by atoms with van der Waals surface area (Å²) in [6.45, 7) is 1.88. The molecule has 4 nitrogen and oxygen atoms in total. The van der Waals surface area contributed by atoms with Gasteiger partial charge in [-0.3, -0.25) is 9.59 Å². The summed E-state index contributed by atoms with van der Waals surface area (Å²) in [6.07, 6.45) is 2.19. The number of fused-ring (bicyclic) bond motifs is 1. The third-order valence-corrected chi connectivity index (χ3v) is 4.75. The van der Waals surface area contributed by atoms with Crippen molar-refractivity contribution in [1.82, 2.24) is 4.90 Å². The Hall–Kier alpha value is -1.49. The van der Waals surface area contributed by atoms with Crippen LogP contribution in [0, 0.1) is 0 Å². The van der Waals surface area contributed by atoms with E-state index < -0.39 is 0 Å². The Labute approximate surface area is 116 Å². The zero-order valence-corrected chi connectivity index (χ0v) is 11.8. The van der Waals surface area contributed by atoms with Gasteiger partial charge < -0.3 is 10.2 Å². The van der Waals surface area contributed by atoms with Crippen LogP contribution < -0.4 is 5.32 Å². The van der Waals surface area contributed by atoms with E-state index in [4.69, 9.17) is 0 Å². The summed E-state index contributed by atoms with van der Waals surface area (Å²) in [5.74, 6) is 0.0285. The minimum atomic E-state index is -0.0804. The lowest BCUT2D eigenvalue weighted by atomic mass is 10.1. The van der Waals surface area contributed by atoms with Gasteiger partial charge in [-0.25, -0.2) is 0 Å². The Morgan fingerprint density at radius 3 is 2.84 bits per heavy atom. The lowest BCUT2D eigenvalue weighted by molar-refractivity contribution is -0.115. The molecule has 1 heterocycles. The van der Waals surface area contributed by atoms with Crippen LogP contribution in [0.3, 0.4) is 0 Å². The number of benzene rings is 1. The van der Waals surface area contributed by atoms with Crippen molar-refractivity contribution in [3.8, 4) is 0 Å². The van der Waals surface area contributed by atoms with Gasteiger partial charge in [0.25, 0.3) is 5.91 Å². The summed E-state index contributed by atoms with van der Waals surface area (Å²) in [7, 11) is 1.84. The fourth-order valence-electron chi connectivity index (χ4n) is 2.17. The summed E-state index contributed by atoms with van der Waals surface area (Å²) >= 11 is 1.53. The molecule has 0 aromatic heterocycles. The second-order valence-corrected chi connectivity index (χ2v) is 6.49. The van der Waals surface area contributed by atoms with Crippen LogP contribution in [0.25, 0.3) is 0 Å². The fourth-order valence-corrected chi connectivity index (χ4v) is 3.10. The number of anilines is 1. The van der Waals surface area contributed by atoms with E-state index in [0.29, 0.717) is 11.6 Å².